The minimum Gasteiger partial charge on any atom is -0.436 e. The average molecular weight is 505 g/mol. The molecule has 0 radical (unpaired) electrons. The number of nitrogens with zero attached hydrogens (tertiary/aromatic N) is 2. The highest BCUT2D eigenvalue weighted by atomic mass is 32.3. The summed E-state index contributed by atoms with van der Waals surface area (Å²) in [6.45, 7) is 1.95. The van der Waals surface area contributed by atoms with E-state index in [1.54, 1.807) is 24.3 Å². The normalized spacial score (nSPS) is 12.0. The predicted molar refractivity (Wildman–Crippen MR) is 134 cm³/mol. The van der Waals surface area contributed by atoms with Crippen molar-refractivity contribution in [3.63, 3.8) is 0 Å². The molecular weight excluding hydrogens is 484 g/mol. The molecule has 176 valence electrons. The highest BCUT2D eigenvalue weighted by molar-refractivity contribution is 8.10. The number of hydrogen-bond acceptors (Lipinski definition) is 6. The fourth-order valence-corrected chi connectivity index (χ4v) is 7.40. The molecule has 0 bridgehead atoms. The van der Waals surface area contributed by atoms with Gasteiger partial charge in [-0.25, -0.2) is 21.8 Å². The van der Waals surface area contributed by atoms with Gasteiger partial charge in [-0.2, -0.15) is 3.71 Å². The fourth-order valence-electron chi connectivity index (χ4n) is 3.66. The number of hydrogen-bond donors (Lipinski definition) is 0. The summed E-state index contributed by atoms with van der Waals surface area (Å²) in [7, 11) is -8.91. The molecule has 0 amide bonds. The van der Waals surface area contributed by atoms with Crippen LogP contribution in [0.1, 0.15) is 5.56 Å². The van der Waals surface area contributed by atoms with Gasteiger partial charge in [0.1, 0.15) is 5.52 Å². The van der Waals surface area contributed by atoms with Crippen LogP contribution < -0.4 is 3.71 Å². The first-order chi connectivity index (χ1) is 16.8. The Hall–Kier alpha value is -3.95. The van der Waals surface area contributed by atoms with E-state index in [-0.39, 0.29) is 15.5 Å². The van der Waals surface area contributed by atoms with Gasteiger partial charge in [-0.3, -0.25) is 0 Å². The fraction of sp³-hybridized carbons (Fsp3) is 0.0385. The summed E-state index contributed by atoms with van der Waals surface area (Å²) in [4.78, 5) is 4.19. The van der Waals surface area contributed by atoms with Crippen molar-refractivity contribution in [3.8, 4) is 11.5 Å². The van der Waals surface area contributed by atoms with Crippen molar-refractivity contribution in [2.24, 2.45) is 0 Å². The summed E-state index contributed by atoms with van der Waals surface area (Å²) in [6, 6.07) is 26.6. The van der Waals surface area contributed by atoms with Crippen molar-refractivity contribution in [1.29, 1.82) is 0 Å². The first kappa shape index (κ1) is 22.8. The van der Waals surface area contributed by atoms with E-state index >= 15 is 0 Å². The number of aromatic nitrogens is 1. The van der Waals surface area contributed by atoms with Crippen LogP contribution in [0.5, 0.6) is 0 Å². The van der Waals surface area contributed by atoms with Crippen molar-refractivity contribution >= 4 is 36.8 Å². The summed E-state index contributed by atoms with van der Waals surface area (Å²) >= 11 is 0. The van der Waals surface area contributed by atoms with Crippen LogP contribution in [0.25, 0.3) is 22.6 Å². The standard InChI is InChI=1S/C26H20N2O5S2/c1-19-12-17-24-25(18-19)33-26(27-24)20-13-15-21(16-14-20)28(34(29,30)22-8-4-2-5-9-22)35(31,32)23-10-6-3-7-11-23/h2-18H,1H3. The summed E-state index contributed by atoms with van der Waals surface area (Å²) < 4.78 is 60.6. The summed E-state index contributed by atoms with van der Waals surface area (Å²) in [5, 5.41) is 0. The maximum absolute atomic E-state index is 13.6. The van der Waals surface area contributed by atoms with E-state index in [1.807, 2.05) is 25.1 Å². The highest BCUT2D eigenvalue weighted by Crippen LogP contribution is 2.33. The third-order valence-electron chi connectivity index (χ3n) is 5.39. The maximum Gasteiger partial charge on any atom is 0.277 e. The number of sulfonamides is 2. The van der Waals surface area contributed by atoms with Crippen LogP contribution in [0.15, 0.2) is 117 Å². The van der Waals surface area contributed by atoms with Crippen molar-refractivity contribution in [3.05, 3.63) is 109 Å². The molecule has 5 aromatic rings. The lowest BCUT2D eigenvalue weighted by Gasteiger charge is -2.24. The zero-order chi connectivity index (χ0) is 24.6. The minimum atomic E-state index is -4.46. The lowest BCUT2D eigenvalue weighted by Crippen LogP contribution is -2.37. The Kier molecular flexibility index (Phi) is 5.66. The molecule has 0 saturated heterocycles. The van der Waals surface area contributed by atoms with Gasteiger partial charge in [0, 0.05) is 5.56 Å². The van der Waals surface area contributed by atoms with Gasteiger partial charge >= 0.3 is 0 Å². The third kappa shape index (κ3) is 4.20. The highest BCUT2D eigenvalue weighted by Gasteiger charge is 2.36. The second-order valence-corrected chi connectivity index (χ2v) is 11.7. The smallest absolute Gasteiger partial charge is 0.277 e. The SMILES string of the molecule is Cc1ccc2nc(-c3ccc(N(S(=O)(=O)c4ccccc4)S(=O)(=O)c4ccccc4)cc3)oc2c1. The van der Waals surface area contributed by atoms with Gasteiger partial charge < -0.3 is 4.42 Å². The molecular formula is C26H20N2O5S2. The van der Waals surface area contributed by atoms with E-state index in [0.717, 1.165) is 5.56 Å². The molecule has 0 spiro atoms. The summed E-state index contributed by atoms with van der Waals surface area (Å²) in [6.07, 6.45) is 0. The molecule has 9 heteroatoms. The van der Waals surface area contributed by atoms with Crippen LogP contribution in [0, 0.1) is 6.92 Å². The Bertz CT molecular complexity index is 1640. The lowest BCUT2D eigenvalue weighted by atomic mass is 10.2. The molecule has 5 rings (SSSR count). The third-order valence-corrected chi connectivity index (χ3v) is 9.60. The second-order valence-electron chi connectivity index (χ2n) is 7.87. The Morgan fingerprint density at radius 1 is 0.686 bits per heavy atom. The van der Waals surface area contributed by atoms with Crippen molar-refractivity contribution in [2.45, 2.75) is 16.7 Å². The molecule has 0 fully saturated rings. The average Bonchev–Trinajstić information content (AvgIpc) is 3.28. The molecule has 0 atom stereocenters. The summed E-state index contributed by atoms with van der Waals surface area (Å²) in [5.74, 6) is 0.348. The van der Waals surface area contributed by atoms with Gasteiger partial charge in [0.05, 0.1) is 15.5 Å². The predicted octanol–water partition coefficient (Wildman–Crippen LogP) is 5.39. The molecule has 0 aliphatic rings. The molecule has 0 saturated carbocycles. The van der Waals surface area contributed by atoms with E-state index in [0.29, 0.717) is 26.3 Å². The molecule has 1 aromatic heterocycles. The number of aryl methyl sites for hydroxylation is 1. The van der Waals surface area contributed by atoms with Crippen molar-refractivity contribution in [2.75, 3.05) is 3.71 Å². The molecule has 0 unspecified atom stereocenters. The monoisotopic (exact) mass is 504 g/mol. The zero-order valence-corrected chi connectivity index (χ0v) is 20.2. The van der Waals surface area contributed by atoms with E-state index in [9.17, 15) is 16.8 Å². The largest absolute Gasteiger partial charge is 0.436 e. The van der Waals surface area contributed by atoms with E-state index in [2.05, 4.69) is 4.98 Å². The Morgan fingerprint density at radius 2 is 1.23 bits per heavy atom. The Labute approximate surface area is 203 Å². The van der Waals surface area contributed by atoms with Crippen molar-refractivity contribution in [1.82, 2.24) is 4.98 Å². The van der Waals surface area contributed by atoms with Gasteiger partial charge in [0.2, 0.25) is 5.89 Å². The lowest BCUT2D eigenvalue weighted by molar-refractivity contribution is 0.584. The number of oxazole rings is 1. The second kappa shape index (κ2) is 8.68. The van der Waals surface area contributed by atoms with E-state index < -0.39 is 20.0 Å². The minimum absolute atomic E-state index is 0.0339. The molecule has 1 heterocycles. The van der Waals surface area contributed by atoms with Gasteiger partial charge in [0.15, 0.2) is 5.58 Å². The Balaban J connectivity index is 1.62. The number of benzene rings is 4. The topological polar surface area (TPSA) is 97.5 Å². The number of anilines is 1. The van der Waals surface area contributed by atoms with Crippen LogP contribution in [-0.4, -0.2) is 21.8 Å². The van der Waals surface area contributed by atoms with Crippen LogP contribution in [-0.2, 0) is 20.0 Å². The van der Waals surface area contributed by atoms with Crippen LogP contribution in [0.2, 0.25) is 0 Å². The maximum atomic E-state index is 13.6. The quantitative estimate of drug-likeness (QED) is 0.308. The molecule has 7 nitrogen and oxygen atoms in total. The molecule has 35 heavy (non-hydrogen) atoms. The van der Waals surface area contributed by atoms with Gasteiger partial charge in [0.25, 0.3) is 20.0 Å². The van der Waals surface area contributed by atoms with Gasteiger partial charge in [-0.05, 0) is 73.2 Å². The molecule has 4 aromatic carbocycles. The Morgan fingerprint density at radius 3 is 1.77 bits per heavy atom. The van der Waals surface area contributed by atoms with Gasteiger partial charge in [-0.1, -0.05) is 42.5 Å². The summed E-state index contributed by atoms with van der Waals surface area (Å²) in [5.41, 5.74) is 2.90. The first-order valence-corrected chi connectivity index (χ1v) is 13.5. The first-order valence-electron chi connectivity index (χ1n) is 10.6. The van der Waals surface area contributed by atoms with Crippen LogP contribution in [0.3, 0.4) is 0 Å². The molecule has 0 aliphatic carbocycles. The van der Waals surface area contributed by atoms with Crippen molar-refractivity contribution < 1.29 is 21.3 Å². The number of rotatable bonds is 6. The van der Waals surface area contributed by atoms with Gasteiger partial charge in [-0.15, -0.1) is 0 Å². The number of fused-ring (bicyclic) bond motifs is 1. The van der Waals surface area contributed by atoms with E-state index in [4.69, 9.17) is 4.42 Å². The van der Waals surface area contributed by atoms with Crippen LogP contribution in [0.4, 0.5) is 5.69 Å². The zero-order valence-electron chi connectivity index (χ0n) is 18.6. The van der Waals surface area contributed by atoms with E-state index in [1.165, 1.54) is 60.7 Å². The molecule has 0 aliphatic heterocycles. The van der Waals surface area contributed by atoms with Crippen LogP contribution >= 0.6 is 0 Å². The molecule has 0 N–H and O–H groups in total.